The van der Waals surface area contributed by atoms with Gasteiger partial charge in [0.2, 0.25) is 0 Å². The summed E-state index contributed by atoms with van der Waals surface area (Å²) in [7, 11) is 2.01. The molecule has 0 aliphatic carbocycles. The lowest BCUT2D eigenvalue weighted by atomic mass is 10.2. The summed E-state index contributed by atoms with van der Waals surface area (Å²) in [6.07, 6.45) is 1.07. The van der Waals surface area contributed by atoms with E-state index in [0.717, 1.165) is 11.6 Å². The van der Waals surface area contributed by atoms with E-state index in [2.05, 4.69) is 23.7 Å². The Kier molecular flexibility index (Phi) is 3.63. The fourth-order valence-corrected chi connectivity index (χ4v) is 1.98. The molecule has 0 bridgehead atoms. The van der Waals surface area contributed by atoms with Gasteiger partial charge in [-0.3, -0.25) is 4.79 Å². The van der Waals surface area contributed by atoms with Gasteiger partial charge in [-0.2, -0.15) is 0 Å². The first kappa shape index (κ1) is 11.2. The summed E-state index contributed by atoms with van der Waals surface area (Å²) in [5.41, 5.74) is 0.570. The molecular weight excluding hydrogens is 196 g/mol. The second kappa shape index (κ2) is 4.55. The number of nitrogens with zero attached hydrogens (tertiary/aromatic N) is 2. The van der Waals surface area contributed by atoms with E-state index in [-0.39, 0.29) is 5.78 Å². The standard InChI is InChI=1S/C10H16N2OS/c1-5-7(2)12(4)10-11-9(6-14-10)8(3)13/h6-7H,5H2,1-4H3. The summed E-state index contributed by atoms with van der Waals surface area (Å²) in [6.45, 7) is 5.83. The van der Waals surface area contributed by atoms with Crippen molar-refractivity contribution in [1.29, 1.82) is 0 Å². The number of ketones is 1. The highest BCUT2D eigenvalue weighted by atomic mass is 32.1. The number of rotatable bonds is 4. The van der Waals surface area contributed by atoms with Crippen molar-refractivity contribution in [3.05, 3.63) is 11.1 Å². The molecule has 0 aliphatic heterocycles. The zero-order valence-corrected chi connectivity index (χ0v) is 9.89. The van der Waals surface area contributed by atoms with E-state index in [9.17, 15) is 4.79 Å². The van der Waals surface area contributed by atoms with Crippen LogP contribution in [0.15, 0.2) is 5.38 Å². The Hall–Kier alpha value is -0.900. The van der Waals surface area contributed by atoms with Crippen molar-refractivity contribution in [2.24, 2.45) is 0 Å². The van der Waals surface area contributed by atoms with Gasteiger partial charge in [0.05, 0.1) is 0 Å². The number of thiazole rings is 1. The SMILES string of the molecule is CCC(C)N(C)c1nc(C(C)=O)cs1. The summed E-state index contributed by atoms with van der Waals surface area (Å²) in [5, 5.41) is 2.74. The maximum absolute atomic E-state index is 11.0. The topological polar surface area (TPSA) is 33.2 Å². The van der Waals surface area contributed by atoms with E-state index >= 15 is 0 Å². The molecule has 14 heavy (non-hydrogen) atoms. The van der Waals surface area contributed by atoms with Crippen LogP contribution in [0.3, 0.4) is 0 Å². The molecule has 3 nitrogen and oxygen atoms in total. The van der Waals surface area contributed by atoms with E-state index in [1.165, 1.54) is 11.3 Å². The molecule has 0 amide bonds. The highest BCUT2D eigenvalue weighted by Gasteiger charge is 2.13. The smallest absolute Gasteiger partial charge is 0.185 e. The molecule has 1 heterocycles. The Bertz CT molecular complexity index is 322. The Morgan fingerprint density at radius 1 is 1.71 bits per heavy atom. The van der Waals surface area contributed by atoms with Gasteiger partial charge in [0.1, 0.15) is 5.69 Å². The first-order chi connectivity index (χ1) is 6.56. The molecule has 0 N–H and O–H groups in total. The molecule has 4 heteroatoms. The first-order valence-corrected chi connectivity index (χ1v) is 5.63. The zero-order chi connectivity index (χ0) is 10.7. The average molecular weight is 212 g/mol. The van der Waals surface area contributed by atoms with Crippen molar-refractivity contribution in [3.63, 3.8) is 0 Å². The zero-order valence-electron chi connectivity index (χ0n) is 9.07. The van der Waals surface area contributed by atoms with Gasteiger partial charge in [-0.05, 0) is 13.3 Å². The molecule has 0 radical (unpaired) electrons. The van der Waals surface area contributed by atoms with Crippen LogP contribution in [0.5, 0.6) is 0 Å². The van der Waals surface area contributed by atoms with Gasteiger partial charge in [0.25, 0.3) is 0 Å². The van der Waals surface area contributed by atoms with Crippen LogP contribution in [0.4, 0.5) is 5.13 Å². The van der Waals surface area contributed by atoms with Crippen molar-refractivity contribution in [1.82, 2.24) is 4.98 Å². The van der Waals surface area contributed by atoms with E-state index in [4.69, 9.17) is 0 Å². The monoisotopic (exact) mass is 212 g/mol. The maximum Gasteiger partial charge on any atom is 0.185 e. The third kappa shape index (κ3) is 2.32. The van der Waals surface area contributed by atoms with Crippen LogP contribution in [0, 0.1) is 0 Å². The average Bonchev–Trinajstić information content (AvgIpc) is 2.64. The van der Waals surface area contributed by atoms with Gasteiger partial charge >= 0.3 is 0 Å². The third-order valence-electron chi connectivity index (χ3n) is 2.41. The van der Waals surface area contributed by atoms with Gasteiger partial charge in [-0.25, -0.2) is 4.98 Å². The van der Waals surface area contributed by atoms with E-state index in [0.29, 0.717) is 11.7 Å². The van der Waals surface area contributed by atoms with Gasteiger partial charge in [0.15, 0.2) is 10.9 Å². The fourth-order valence-electron chi connectivity index (χ4n) is 1.05. The summed E-state index contributed by atoms with van der Waals surface area (Å²) in [5.74, 6) is 0.0325. The molecule has 78 valence electrons. The van der Waals surface area contributed by atoms with Crippen LogP contribution in [0.25, 0.3) is 0 Å². The van der Waals surface area contributed by atoms with Gasteiger partial charge in [-0.1, -0.05) is 6.92 Å². The molecule has 0 fully saturated rings. The quantitative estimate of drug-likeness (QED) is 0.719. The number of carbonyl (C=O) groups is 1. The van der Waals surface area contributed by atoms with Crippen molar-refractivity contribution in [3.8, 4) is 0 Å². The third-order valence-corrected chi connectivity index (χ3v) is 3.34. The minimum Gasteiger partial charge on any atom is -0.348 e. The Morgan fingerprint density at radius 2 is 2.36 bits per heavy atom. The lowest BCUT2D eigenvalue weighted by Gasteiger charge is -2.22. The van der Waals surface area contributed by atoms with Crippen LogP contribution in [-0.4, -0.2) is 23.9 Å². The van der Waals surface area contributed by atoms with Crippen molar-refractivity contribution >= 4 is 22.3 Å². The van der Waals surface area contributed by atoms with Crippen molar-refractivity contribution < 1.29 is 4.79 Å². The number of aromatic nitrogens is 1. The Morgan fingerprint density at radius 3 is 2.79 bits per heavy atom. The molecule has 1 rings (SSSR count). The lowest BCUT2D eigenvalue weighted by molar-refractivity contribution is 0.101. The van der Waals surface area contributed by atoms with Crippen LogP contribution in [0.2, 0.25) is 0 Å². The molecular formula is C10H16N2OS. The molecule has 0 saturated carbocycles. The molecule has 0 spiro atoms. The van der Waals surface area contributed by atoms with Gasteiger partial charge in [-0.15, -0.1) is 11.3 Å². The summed E-state index contributed by atoms with van der Waals surface area (Å²) in [4.78, 5) is 17.4. The van der Waals surface area contributed by atoms with Gasteiger partial charge < -0.3 is 4.90 Å². The molecule has 1 atom stereocenters. The minimum atomic E-state index is 0.0325. The molecule has 0 saturated heterocycles. The normalized spacial score (nSPS) is 12.6. The van der Waals surface area contributed by atoms with E-state index in [1.807, 2.05) is 12.4 Å². The highest BCUT2D eigenvalue weighted by molar-refractivity contribution is 7.13. The summed E-state index contributed by atoms with van der Waals surface area (Å²) < 4.78 is 0. The number of hydrogen-bond donors (Lipinski definition) is 0. The number of hydrogen-bond acceptors (Lipinski definition) is 4. The molecule has 1 unspecified atom stereocenters. The molecule has 0 aliphatic rings. The Labute approximate surface area is 88.8 Å². The van der Waals surface area contributed by atoms with Crippen LogP contribution in [-0.2, 0) is 0 Å². The number of anilines is 1. The predicted octanol–water partition coefficient (Wildman–Crippen LogP) is 2.58. The Balaban J connectivity index is 2.81. The summed E-state index contributed by atoms with van der Waals surface area (Å²) >= 11 is 1.52. The van der Waals surface area contributed by atoms with Crippen LogP contribution < -0.4 is 4.90 Å². The second-order valence-electron chi connectivity index (χ2n) is 3.44. The minimum absolute atomic E-state index is 0.0325. The maximum atomic E-state index is 11.0. The number of carbonyl (C=O) groups excluding carboxylic acids is 1. The summed E-state index contributed by atoms with van der Waals surface area (Å²) in [6, 6.07) is 0.459. The number of Topliss-reactive ketones (excluding diaryl/α,β-unsaturated/α-hetero) is 1. The highest BCUT2D eigenvalue weighted by Crippen LogP contribution is 2.21. The van der Waals surface area contributed by atoms with Crippen LogP contribution >= 0.6 is 11.3 Å². The van der Waals surface area contributed by atoms with Crippen LogP contribution in [0.1, 0.15) is 37.7 Å². The molecule has 1 aromatic heterocycles. The van der Waals surface area contributed by atoms with Gasteiger partial charge in [0, 0.05) is 25.4 Å². The molecule has 1 aromatic rings. The molecule has 0 aromatic carbocycles. The van der Waals surface area contributed by atoms with Crippen molar-refractivity contribution in [2.45, 2.75) is 33.2 Å². The fraction of sp³-hybridized carbons (Fsp3) is 0.600. The van der Waals surface area contributed by atoms with E-state index < -0.39 is 0 Å². The van der Waals surface area contributed by atoms with E-state index in [1.54, 1.807) is 6.92 Å². The first-order valence-electron chi connectivity index (χ1n) is 4.75. The predicted molar refractivity (Wildman–Crippen MR) is 60.3 cm³/mol. The largest absolute Gasteiger partial charge is 0.348 e. The lowest BCUT2D eigenvalue weighted by Crippen LogP contribution is -2.27. The second-order valence-corrected chi connectivity index (χ2v) is 4.28. The van der Waals surface area contributed by atoms with Crippen molar-refractivity contribution in [2.75, 3.05) is 11.9 Å².